The minimum Gasteiger partial charge on any atom is -0.492 e. The van der Waals surface area contributed by atoms with Crippen LogP contribution < -0.4 is 10.6 Å². The van der Waals surface area contributed by atoms with Gasteiger partial charge in [-0.15, -0.1) is 0 Å². The van der Waals surface area contributed by atoms with Crippen molar-refractivity contribution in [3.05, 3.63) is 36.6 Å². The molecule has 0 spiro atoms. The number of allylic oxidation sites excluding steroid dienone is 1. The molecule has 0 saturated carbocycles. The number of hydrogen-bond acceptors (Lipinski definition) is 9. The Bertz CT molecular complexity index is 575. The fraction of sp³-hybridized carbons (Fsp3) is 0.500. The summed E-state index contributed by atoms with van der Waals surface area (Å²) in [5.41, 5.74) is 0.926. The molecule has 0 aliphatic heterocycles. The summed E-state index contributed by atoms with van der Waals surface area (Å²) in [6, 6.07) is 0. The van der Waals surface area contributed by atoms with E-state index in [-0.39, 0.29) is 45.1 Å². The highest BCUT2D eigenvalue weighted by molar-refractivity contribution is 7.25. The van der Waals surface area contributed by atoms with Gasteiger partial charge in [0.25, 0.3) is 0 Å². The van der Waals surface area contributed by atoms with Crippen molar-refractivity contribution in [3.63, 3.8) is 0 Å². The molecule has 0 aromatic heterocycles. The third-order valence-electron chi connectivity index (χ3n) is 3.10. The number of ether oxygens (including phenoxy) is 4. The van der Waals surface area contributed by atoms with Crippen molar-refractivity contribution in [1.82, 2.24) is 10.6 Å². The predicted octanol–water partition coefficient (Wildman–Crippen LogP) is 1.55. The topological polar surface area (TPSA) is 142 Å². The Hall–Kier alpha value is -2.62. The Morgan fingerprint density at radius 1 is 0.867 bits per heavy atom. The van der Waals surface area contributed by atoms with Crippen LogP contribution in [-0.4, -0.2) is 68.7 Å². The van der Waals surface area contributed by atoms with Crippen LogP contribution in [0.15, 0.2) is 36.6 Å². The average Bonchev–Trinajstić information content (AvgIpc) is 2.69. The average molecular weight is 448 g/mol. The first kappa shape index (κ1) is 27.4. The molecule has 0 aromatic rings. The number of hydrogen-bond donors (Lipinski definition) is 3. The molecule has 0 rings (SSSR count). The molecule has 2 atom stereocenters. The summed E-state index contributed by atoms with van der Waals surface area (Å²) < 4.78 is 24.8. The molecular formula is C18H29N2O9P. The van der Waals surface area contributed by atoms with E-state index in [4.69, 9.17) is 28.4 Å². The zero-order chi connectivity index (χ0) is 22.9. The van der Waals surface area contributed by atoms with Gasteiger partial charge in [-0.3, -0.25) is 0 Å². The summed E-state index contributed by atoms with van der Waals surface area (Å²) >= 11 is 0. The molecule has 2 unspecified atom stereocenters. The number of rotatable bonds is 15. The monoisotopic (exact) mass is 448 g/mol. The van der Waals surface area contributed by atoms with E-state index in [0.717, 1.165) is 0 Å². The number of esters is 1. The van der Waals surface area contributed by atoms with Gasteiger partial charge in [0.05, 0.1) is 13.1 Å². The highest BCUT2D eigenvalue weighted by Gasteiger charge is 2.15. The summed E-state index contributed by atoms with van der Waals surface area (Å²) in [6.07, 6.45) is -2.40. The molecule has 0 fully saturated rings. The standard InChI is InChI=1S/C18H29N2O9P/c1-12(2)14(5)25-8-6-19-17(22)27-10-15(29-30-24)11-28-18(23)20-7-9-26-16(21)13(3)4/h15,24,30H,1,3,5-11H2,2,4H3,(H,19,22)(H,20,23). The van der Waals surface area contributed by atoms with Gasteiger partial charge in [0.1, 0.15) is 38.3 Å². The van der Waals surface area contributed by atoms with Crippen molar-refractivity contribution < 1.29 is 42.7 Å². The second kappa shape index (κ2) is 16.2. The highest BCUT2D eigenvalue weighted by atomic mass is 31.1. The molecule has 30 heavy (non-hydrogen) atoms. The fourth-order valence-corrected chi connectivity index (χ4v) is 1.79. The van der Waals surface area contributed by atoms with Gasteiger partial charge in [-0.25, -0.2) is 14.4 Å². The van der Waals surface area contributed by atoms with Crippen LogP contribution in [0.5, 0.6) is 0 Å². The summed E-state index contributed by atoms with van der Waals surface area (Å²) in [5, 5.41) is 4.81. The maximum atomic E-state index is 11.6. The molecule has 0 saturated heterocycles. The Morgan fingerprint density at radius 3 is 1.80 bits per heavy atom. The number of carbonyl (C=O) groups is 3. The van der Waals surface area contributed by atoms with Crippen LogP contribution in [0.4, 0.5) is 9.59 Å². The van der Waals surface area contributed by atoms with E-state index in [1.54, 1.807) is 6.92 Å². The molecule has 2 amide bonds. The normalized spacial score (nSPS) is 11.3. The Morgan fingerprint density at radius 2 is 1.37 bits per heavy atom. The first-order valence-corrected chi connectivity index (χ1v) is 9.69. The zero-order valence-corrected chi connectivity index (χ0v) is 18.2. The van der Waals surface area contributed by atoms with E-state index in [0.29, 0.717) is 11.3 Å². The molecule has 12 heteroatoms. The fourth-order valence-electron chi connectivity index (χ4n) is 1.50. The van der Waals surface area contributed by atoms with E-state index in [1.807, 2.05) is 0 Å². The predicted molar refractivity (Wildman–Crippen MR) is 110 cm³/mol. The Balaban J connectivity index is 4.02. The van der Waals surface area contributed by atoms with Crippen molar-refractivity contribution in [2.24, 2.45) is 0 Å². The maximum Gasteiger partial charge on any atom is 0.407 e. The van der Waals surface area contributed by atoms with Crippen LogP contribution in [0.3, 0.4) is 0 Å². The number of alkyl carbamates (subject to hydrolysis) is 2. The van der Waals surface area contributed by atoms with Gasteiger partial charge in [-0.2, -0.15) is 0 Å². The first-order valence-electron chi connectivity index (χ1n) is 8.83. The Kier molecular flexibility index (Phi) is 14.8. The van der Waals surface area contributed by atoms with Crippen molar-refractivity contribution in [2.45, 2.75) is 20.0 Å². The summed E-state index contributed by atoms with van der Waals surface area (Å²) in [5.74, 6) is -0.141. The molecule has 0 aromatic carbocycles. The number of nitrogens with one attached hydrogen (secondary N) is 2. The van der Waals surface area contributed by atoms with Crippen molar-refractivity contribution in [2.75, 3.05) is 39.5 Å². The summed E-state index contributed by atoms with van der Waals surface area (Å²) in [6.45, 7) is 13.8. The zero-order valence-electron chi connectivity index (χ0n) is 17.2. The van der Waals surface area contributed by atoms with Crippen molar-refractivity contribution >= 4 is 27.2 Å². The lowest BCUT2D eigenvalue weighted by molar-refractivity contribution is -0.138. The molecule has 0 aliphatic carbocycles. The largest absolute Gasteiger partial charge is 0.492 e. The van der Waals surface area contributed by atoms with Gasteiger partial charge in [0, 0.05) is 5.57 Å². The second-order valence-corrected chi connectivity index (χ2v) is 6.27. The lowest BCUT2D eigenvalue weighted by Gasteiger charge is -2.17. The van der Waals surface area contributed by atoms with E-state index in [9.17, 15) is 14.4 Å². The van der Waals surface area contributed by atoms with Crippen LogP contribution >= 0.6 is 9.03 Å². The van der Waals surface area contributed by atoms with E-state index in [2.05, 4.69) is 30.4 Å². The number of carbonyl (C=O) groups excluding carboxylic acids is 3. The van der Waals surface area contributed by atoms with Crippen molar-refractivity contribution in [3.8, 4) is 0 Å². The summed E-state index contributed by atoms with van der Waals surface area (Å²) in [7, 11) is -0.891. The second-order valence-electron chi connectivity index (χ2n) is 5.85. The molecule has 0 aliphatic rings. The van der Waals surface area contributed by atoms with Crippen molar-refractivity contribution in [1.29, 1.82) is 0 Å². The van der Waals surface area contributed by atoms with Gasteiger partial charge in [-0.1, -0.05) is 19.7 Å². The highest BCUT2D eigenvalue weighted by Crippen LogP contribution is 2.10. The molecule has 11 nitrogen and oxygen atoms in total. The van der Waals surface area contributed by atoms with Crippen LogP contribution in [0.2, 0.25) is 0 Å². The number of amides is 2. The summed E-state index contributed by atoms with van der Waals surface area (Å²) in [4.78, 5) is 43.3. The molecule has 3 N–H and O–H groups in total. The van der Waals surface area contributed by atoms with Crippen LogP contribution in [0.25, 0.3) is 0 Å². The molecule has 0 bridgehead atoms. The SMILES string of the molecule is C=C(C)C(=C)OCCNC(=O)OCC(COC(=O)NCCOC(=O)C(=C)C)OPO. The van der Waals surface area contributed by atoms with Crippen LogP contribution in [0, 0.1) is 0 Å². The molecule has 0 heterocycles. The smallest absolute Gasteiger partial charge is 0.407 e. The van der Waals surface area contributed by atoms with Gasteiger partial charge in [0.15, 0.2) is 9.03 Å². The van der Waals surface area contributed by atoms with Gasteiger partial charge >= 0.3 is 18.2 Å². The van der Waals surface area contributed by atoms with Crippen LogP contribution in [-0.2, 0) is 28.3 Å². The third-order valence-corrected chi connectivity index (χ3v) is 3.54. The quantitative estimate of drug-likeness (QED) is 0.0647. The first-order chi connectivity index (χ1) is 14.2. The van der Waals surface area contributed by atoms with E-state index >= 15 is 0 Å². The minimum absolute atomic E-state index is 0.0317. The molecular weight excluding hydrogens is 419 g/mol. The van der Waals surface area contributed by atoms with Crippen LogP contribution in [0.1, 0.15) is 13.8 Å². The molecule has 0 radical (unpaired) electrons. The Labute approximate surface area is 177 Å². The lowest BCUT2D eigenvalue weighted by Crippen LogP contribution is -2.34. The minimum atomic E-state index is -0.891. The maximum absolute atomic E-state index is 11.6. The van der Waals surface area contributed by atoms with Gasteiger partial charge < -0.3 is 39.0 Å². The third kappa shape index (κ3) is 14.4. The lowest BCUT2D eigenvalue weighted by atomic mass is 10.3. The van der Waals surface area contributed by atoms with Gasteiger partial charge in [-0.05, 0) is 19.4 Å². The van der Waals surface area contributed by atoms with E-state index < -0.39 is 33.3 Å². The molecule has 170 valence electrons. The van der Waals surface area contributed by atoms with Gasteiger partial charge in [0.2, 0.25) is 0 Å². The van der Waals surface area contributed by atoms with E-state index in [1.165, 1.54) is 6.92 Å².